The molecule has 2 amide bonds. The maximum atomic E-state index is 13.9. The van der Waals surface area contributed by atoms with Crippen LogP contribution in [-0.4, -0.2) is 47.9 Å². The zero-order valence-electron chi connectivity index (χ0n) is 15.6. The Labute approximate surface area is 163 Å². The van der Waals surface area contributed by atoms with Gasteiger partial charge in [0.15, 0.2) is 0 Å². The molecule has 5 nitrogen and oxygen atoms in total. The van der Waals surface area contributed by atoms with Crippen molar-refractivity contribution in [2.75, 3.05) is 26.2 Å². The number of fused-ring (bicyclic) bond motifs is 1. The largest absolute Gasteiger partial charge is 0.493 e. The normalized spacial score (nSPS) is 19.6. The molecular formula is C22H23FN2O3. The molecule has 2 aromatic rings. The average Bonchev–Trinajstić information content (AvgIpc) is 2.93. The number of amides is 2. The number of carbonyl (C=O) groups excluding carboxylic acids is 2. The molecule has 28 heavy (non-hydrogen) atoms. The molecule has 0 unspecified atom stereocenters. The van der Waals surface area contributed by atoms with Crippen molar-refractivity contribution in [3.63, 3.8) is 0 Å². The van der Waals surface area contributed by atoms with Gasteiger partial charge in [-0.2, -0.15) is 0 Å². The molecule has 146 valence electrons. The highest BCUT2D eigenvalue weighted by molar-refractivity contribution is 5.87. The number of halogens is 1. The van der Waals surface area contributed by atoms with Crippen LogP contribution >= 0.6 is 0 Å². The molecule has 0 spiro atoms. The van der Waals surface area contributed by atoms with Gasteiger partial charge in [0.1, 0.15) is 11.6 Å². The van der Waals surface area contributed by atoms with Crippen molar-refractivity contribution in [2.24, 2.45) is 5.92 Å². The fourth-order valence-corrected chi connectivity index (χ4v) is 3.86. The molecule has 0 N–H and O–H groups in total. The van der Waals surface area contributed by atoms with Crippen molar-refractivity contribution >= 4 is 11.8 Å². The van der Waals surface area contributed by atoms with Crippen LogP contribution in [0.3, 0.4) is 0 Å². The number of benzene rings is 2. The fraction of sp³-hybridized carbons (Fsp3) is 0.364. The Balaban J connectivity index is 1.39. The molecule has 2 aliphatic heterocycles. The van der Waals surface area contributed by atoms with E-state index in [9.17, 15) is 14.0 Å². The molecule has 0 aliphatic carbocycles. The first-order chi connectivity index (χ1) is 13.6. The summed E-state index contributed by atoms with van der Waals surface area (Å²) in [4.78, 5) is 28.8. The lowest BCUT2D eigenvalue weighted by atomic mass is 9.95. The van der Waals surface area contributed by atoms with Crippen LogP contribution in [0.2, 0.25) is 0 Å². The van der Waals surface area contributed by atoms with Gasteiger partial charge in [0.2, 0.25) is 11.8 Å². The van der Waals surface area contributed by atoms with Gasteiger partial charge in [0.25, 0.3) is 0 Å². The lowest BCUT2D eigenvalue weighted by Crippen LogP contribution is -2.53. The summed E-state index contributed by atoms with van der Waals surface area (Å²) >= 11 is 0. The summed E-state index contributed by atoms with van der Waals surface area (Å²) in [6.07, 6.45) is 1.26. The van der Waals surface area contributed by atoms with Crippen molar-refractivity contribution in [1.82, 2.24) is 9.80 Å². The quantitative estimate of drug-likeness (QED) is 0.820. The van der Waals surface area contributed by atoms with E-state index in [1.54, 1.807) is 28.0 Å². The predicted molar refractivity (Wildman–Crippen MR) is 102 cm³/mol. The average molecular weight is 382 g/mol. The van der Waals surface area contributed by atoms with Gasteiger partial charge < -0.3 is 14.5 Å². The van der Waals surface area contributed by atoms with Gasteiger partial charge in [-0.15, -0.1) is 0 Å². The minimum Gasteiger partial charge on any atom is -0.493 e. The Kier molecular flexibility index (Phi) is 5.28. The number of piperazine rings is 1. The van der Waals surface area contributed by atoms with Crippen LogP contribution in [0.15, 0.2) is 48.5 Å². The smallest absolute Gasteiger partial charge is 0.242 e. The van der Waals surface area contributed by atoms with Crippen LogP contribution in [0.25, 0.3) is 0 Å². The molecule has 4 rings (SSSR count). The predicted octanol–water partition coefficient (Wildman–Crippen LogP) is 2.64. The van der Waals surface area contributed by atoms with E-state index in [0.717, 1.165) is 11.3 Å². The van der Waals surface area contributed by atoms with E-state index in [4.69, 9.17) is 4.74 Å². The molecule has 1 fully saturated rings. The summed E-state index contributed by atoms with van der Waals surface area (Å²) in [5.74, 6) is 0.191. The summed E-state index contributed by atoms with van der Waals surface area (Å²) in [6, 6.07) is 14.2. The summed E-state index contributed by atoms with van der Waals surface area (Å²) in [5, 5.41) is 0. The third kappa shape index (κ3) is 3.86. The third-order valence-corrected chi connectivity index (χ3v) is 5.46. The van der Waals surface area contributed by atoms with Crippen LogP contribution in [0.5, 0.6) is 5.75 Å². The molecular weight excluding hydrogens is 359 g/mol. The van der Waals surface area contributed by atoms with Crippen LogP contribution in [0, 0.1) is 11.7 Å². The summed E-state index contributed by atoms with van der Waals surface area (Å²) in [7, 11) is 0. The lowest BCUT2D eigenvalue weighted by molar-refractivity contribution is -0.148. The van der Waals surface area contributed by atoms with E-state index in [-0.39, 0.29) is 36.6 Å². The molecule has 0 saturated carbocycles. The van der Waals surface area contributed by atoms with Gasteiger partial charge in [0.05, 0.1) is 13.2 Å². The van der Waals surface area contributed by atoms with Crippen LogP contribution in [0.1, 0.15) is 17.5 Å². The Morgan fingerprint density at radius 2 is 1.89 bits per heavy atom. The van der Waals surface area contributed by atoms with Gasteiger partial charge in [-0.05, 0) is 30.5 Å². The second-order valence-electron chi connectivity index (χ2n) is 7.31. The van der Waals surface area contributed by atoms with Crippen molar-refractivity contribution in [3.8, 4) is 5.75 Å². The third-order valence-electron chi connectivity index (χ3n) is 5.46. The van der Waals surface area contributed by atoms with Crippen molar-refractivity contribution in [3.05, 3.63) is 65.5 Å². The zero-order valence-corrected chi connectivity index (χ0v) is 15.6. The fourth-order valence-electron chi connectivity index (χ4n) is 3.86. The molecule has 2 heterocycles. The van der Waals surface area contributed by atoms with Crippen molar-refractivity contribution < 1.29 is 18.7 Å². The number of hydrogen-bond donors (Lipinski definition) is 0. The molecule has 6 heteroatoms. The minimum absolute atomic E-state index is 0.000746. The first-order valence-electron chi connectivity index (χ1n) is 9.62. The van der Waals surface area contributed by atoms with Gasteiger partial charge in [-0.25, -0.2) is 4.39 Å². The van der Waals surface area contributed by atoms with Crippen LogP contribution < -0.4 is 4.74 Å². The van der Waals surface area contributed by atoms with Gasteiger partial charge in [0, 0.05) is 31.1 Å². The maximum Gasteiger partial charge on any atom is 0.242 e. The van der Waals surface area contributed by atoms with Crippen LogP contribution in [0.4, 0.5) is 4.39 Å². The molecule has 2 aliphatic rings. The Morgan fingerprint density at radius 3 is 2.71 bits per heavy atom. The van der Waals surface area contributed by atoms with E-state index in [2.05, 4.69) is 0 Å². The second kappa shape index (κ2) is 8.00. The minimum atomic E-state index is -0.314. The summed E-state index contributed by atoms with van der Waals surface area (Å²) in [6.45, 7) is 1.66. The molecule has 1 atom stereocenters. The van der Waals surface area contributed by atoms with Gasteiger partial charge in [-0.3, -0.25) is 9.59 Å². The number of rotatable bonds is 3. The second-order valence-corrected chi connectivity index (χ2v) is 7.31. The van der Waals surface area contributed by atoms with Gasteiger partial charge >= 0.3 is 0 Å². The molecule has 0 aromatic heterocycles. The van der Waals surface area contributed by atoms with E-state index >= 15 is 0 Å². The number of ether oxygens (including phenoxy) is 1. The molecule has 1 saturated heterocycles. The van der Waals surface area contributed by atoms with Crippen LogP contribution in [-0.2, 0) is 22.6 Å². The standard InChI is InChI=1S/C22H23FN2O3/c23-19-7-3-1-6-18(19)14-24-10-11-25(15-21(24)26)22(27)17-9-12-28-20-8-4-2-5-16(20)13-17/h1-8,17H,9-15H2/t17-/m0/s1. The van der Waals surface area contributed by atoms with Gasteiger partial charge in [-0.1, -0.05) is 36.4 Å². The monoisotopic (exact) mass is 382 g/mol. The summed E-state index contributed by atoms with van der Waals surface area (Å²) in [5.41, 5.74) is 1.52. The summed E-state index contributed by atoms with van der Waals surface area (Å²) < 4.78 is 19.6. The Hall–Kier alpha value is -2.89. The van der Waals surface area contributed by atoms with E-state index in [0.29, 0.717) is 38.1 Å². The number of para-hydroxylation sites is 1. The number of carbonyl (C=O) groups is 2. The Bertz CT molecular complexity index is 886. The molecule has 0 radical (unpaired) electrons. The highest BCUT2D eigenvalue weighted by Crippen LogP contribution is 2.28. The first kappa shape index (κ1) is 18.5. The lowest BCUT2D eigenvalue weighted by Gasteiger charge is -2.36. The van der Waals surface area contributed by atoms with Crippen molar-refractivity contribution in [1.29, 1.82) is 0 Å². The van der Waals surface area contributed by atoms with E-state index < -0.39 is 0 Å². The maximum absolute atomic E-state index is 13.9. The molecule has 0 bridgehead atoms. The Morgan fingerprint density at radius 1 is 1.11 bits per heavy atom. The zero-order chi connectivity index (χ0) is 19.5. The topological polar surface area (TPSA) is 49.9 Å². The highest BCUT2D eigenvalue weighted by Gasteiger charge is 2.32. The van der Waals surface area contributed by atoms with E-state index in [1.165, 1.54) is 6.07 Å². The highest BCUT2D eigenvalue weighted by atomic mass is 19.1. The number of nitrogens with zero attached hydrogens (tertiary/aromatic N) is 2. The molecule has 2 aromatic carbocycles. The SMILES string of the molecule is O=C1CN(C(=O)[C@H]2CCOc3ccccc3C2)CCN1Cc1ccccc1F. The number of hydrogen-bond acceptors (Lipinski definition) is 3. The van der Waals surface area contributed by atoms with E-state index in [1.807, 2.05) is 24.3 Å². The van der Waals surface area contributed by atoms with Crippen molar-refractivity contribution in [2.45, 2.75) is 19.4 Å². The first-order valence-corrected chi connectivity index (χ1v) is 9.62.